The summed E-state index contributed by atoms with van der Waals surface area (Å²) in [6, 6.07) is 8.20. The van der Waals surface area contributed by atoms with Crippen molar-refractivity contribution in [1.29, 1.82) is 5.26 Å². The maximum Gasteiger partial charge on any atom is 0.322 e. The minimum atomic E-state index is -1.77. The third-order valence-corrected chi connectivity index (χ3v) is 6.67. The van der Waals surface area contributed by atoms with Gasteiger partial charge in [-0.25, -0.2) is 8.78 Å². The van der Waals surface area contributed by atoms with Crippen LogP contribution in [-0.2, 0) is 15.0 Å². The monoisotopic (exact) mass is 523 g/mol. The number of nitriles is 1. The van der Waals surface area contributed by atoms with Crippen LogP contribution in [0.15, 0.2) is 36.4 Å². The summed E-state index contributed by atoms with van der Waals surface area (Å²) in [5.74, 6) is -4.91. The van der Waals surface area contributed by atoms with E-state index in [1.54, 1.807) is 0 Å². The molecule has 0 spiro atoms. The first kappa shape index (κ1) is 26.9. The number of carboxylic acid groups (broad SMARTS) is 1. The largest absolute Gasteiger partial charge is 0.480 e. The molecule has 1 aliphatic heterocycles. The Morgan fingerprint density at radius 2 is 1.91 bits per heavy atom. The molecule has 35 heavy (non-hydrogen) atoms. The van der Waals surface area contributed by atoms with E-state index in [4.69, 9.17) is 28.3 Å². The summed E-state index contributed by atoms with van der Waals surface area (Å²) in [7, 11) is 0. The number of aliphatic carboxylic acids is 1. The molecule has 0 bridgehead atoms. The second kappa shape index (κ2) is 10.1. The van der Waals surface area contributed by atoms with Crippen LogP contribution in [0.25, 0.3) is 0 Å². The second-order valence-corrected chi connectivity index (χ2v) is 10.6. The fourth-order valence-corrected chi connectivity index (χ4v) is 5.17. The van der Waals surface area contributed by atoms with Gasteiger partial charge in [0.15, 0.2) is 0 Å². The molecule has 1 amide bonds. The minimum absolute atomic E-state index is 0.0518. The van der Waals surface area contributed by atoms with Crippen molar-refractivity contribution < 1.29 is 23.5 Å². The number of benzene rings is 2. The Morgan fingerprint density at radius 3 is 2.49 bits per heavy atom. The van der Waals surface area contributed by atoms with Crippen LogP contribution in [0.3, 0.4) is 0 Å². The predicted molar refractivity (Wildman–Crippen MR) is 128 cm³/mol. The highest BCUT2D eigenvalue weighted by Gasteiger charge is 2.61. The first-order valence-corrected chi connectivity index (χ1v) is 11.6. The molecule has 1 fully saturated rings. The predicted octanol–water partition coefficient (Wildman–Crippen LogP) is 4.79. The maximum atomic E-state index is 15.4. The molecule has 186 valence electrons. The van der Waals surface area contributed by atoms with Crippen molar-refractivity contribution in [3.05, 3.63) is 69.2 Å². The smallest absolute Gasteiger partial charge is 0.322 e. The SMILES string of the molecule is CC(C)(C)C[C@@H]1N[C@@H](C(=O)NCC(=O)O)[C@H](c2cccc(Cl)c2F)[C@@]1(C#N)c1ccc(Cl)cc1F. The highest BCUT2D eigenvalue weighted by atomic mass is 35.5. The quantitative estimate of drug-likeness (QED) is 0.504. The Hall–Kier alpha value is -2.73. The van der Waals surface area contributed by atoms with Crippen LogP contribution < -0.4 is 10.6 Å². The highest BCUT2D eigenvalue weighted by Crippen LogP contribution is 2.52. The Morgan fingerprint density at radius 1 is 1.23 bits per heavy atom. The van der Waals surface area contributed by atoms with Crippen molar-refractivity contribution in [3.63, 3.8) is 0 Å². The molecule has 0 aromatic heterocycles. The molecule has 4 atom stereocenters. The Kier molecular flexibility index (Phi) is 7.75. The number of hydrogen-bond donors (Lipinski definition) is 3. The summed E-state index contributed by atoms with van der Waals surface area (Å²) in [4.78, 5) is 24.3. The number of nitrogens with zero attached hydrogens (tertiary/aromatic N) is 1. The van der Waals surface area contributed by atoms with E-state index in [2.05, 4.69) is 16.7 Å². The molecule has 6 nitrogen and oxygen atoms in total. The summed E-state index contributed by atoms with van der Waals surface area (Å²) in [6.45, 7) is 5.08. The van der Waals surface area contributed by atoms with E-state index in [9.17, 15) is 14.9 Å². The van der Waals surface area contributed by atoms with Crippen LogP contribution in [0.2, 0.25) is 10.0 Å². The molecule has 0 aliphatic carbocycles. The number of nitrogens with one attached hydrogen (secondary N) is 2. The van der Waals surface area contributed by atoms with Gasteiger partial charge in [-0.3, -0.25) is 9.59 Å². The number of carbonyl (C=O) groups is 2. The van der Waals surface area contributed by atoms with Gasteiger partial charge in [0.2, 0.25) is 5.91 Å². The standard InChI is InChI=1S/C25H25Cl2F2N3O3/c1-24(2,3)10-18-25(12-30,15-8-7-13(26)9-17(15)28)20(14-5-4-6-16(27)21(14)29)22(32-18)23(35)31-11-19(33)34/h4-9,18,20,22,32H,10-11H2,1-3H3,(H,31,35)(H,33,34)/t18-,20-,22+,25-/m0/s1. The van der Waals surface area contributed by atoms with Gasteiger partial charge in [0.1, 0.15) is 23.6 Å². The topological polar surface area (TPSA) is 102 Å². The average molecular weight is 524 g/mol. The zero-order valence-electron chi connectivity index (χ0n) is 19.3. The van der Waals surface area contributed by atoms with E-state index in [-0.39, 0.29) is 26.6 Å². The minimum Gasteiger partial charge on any atom is -0.480 e. The molecular weight excluding hydrogens is 499 g/mol. The van der Waals surface area contributed by atoms with Gasteiger partial charge in [0.05, 0.1) is 17.1 Å². The molecule has 10 heteroatoms. The van der Waals surface area contributed by atoms with Crippen LogP contribution in [0.1, 0.15) is 44.2 Å². The Bertz CT molecular complexity index is 1200. The highest BCUT2D eigenvalue weighted by molar-refractivity contribution is 6.31. The molecule has 1 saturated heterocycles. The van der Waals surface area contributed by atoms with Crippen LogP contribution in [0.5, 0.6) is 0 Å². The zero-order chi connectivity index (χ0) is 26.1. The number of halogens is 4. The first-order chi connectivity index (χ1) is 16.3. The zero-order valence-corrected chi connectivity index (χ0v) is 20.8. The van der Waals surface area contributed by atoms with E-state index in [1.807, 2.05) is 20.8 Å². The lowest BCUT2D eigenvalue weighted by molar-refractivity contribution is -0.138. The van der Waals surface area contributed by atoms with Crippen molar-refractivity contribution in [3.8, 4) is 6.07 Å². The van der Waals surface area contributed by atoms with E-state index in [1.165, 1.54) is 30.3 Å². The molecule has 0 radical (unpaired) electrons. The number of carbonyl (C=O) groups excluding carboxylic acids is 1. The number of hydrogen-bond acceptors (Lipinski definition) is 4. The average Bonchev–Trinajstić information content (AvgIpc) is 3.07. The first-order valence-electron chi connectivity index (χ1n) is 10.9. The normalized spacial score (nSPS) is 24.1. The molecule has 0 unspecified atom stereocenters. The van der Waals surface area contributed by atoms with Crippen molar-refractivity contribution in [2.24, 2.45) is 5.41 Å². The summed E-state index contributed by atoms with van der Waals surface area (Å²) in [5.41, 5.74) is -2.26. The van der Waals surface area contributed by atoms with Crippen molar-refractivity contribution in [2.45, 2.75) is 50.6 Å². The number of rotatable bonds is 6. The van der Waals surface area contributed by atoms with E-state index < -0.39 is 53.5 Å². The Balaban J connectivity index is 2.33. The lowest BCUT2D eigenvalue weighted by Crippen LogP contribution is -2.46. The third-order valence-electron chi connectivity index (χ3n) is 6.15. The van der Waals surface area contributed by atoms with Gasteiger partial charge in [0, 0.05) is 22.5 Å². The summed E-state index contributed by atoms with van der Waals surface area (Å²) < 4.78 is 30.8. The van der Waals surface area contributed by atoms with Gasteiger partial charge in [0.25, 0.3) is 0 Å². The summed E-state index contributed by atoms with van der Waals surface area (Å²) in [6.07, 6.45) is 0.310. The van der Waals surface area contributed by atoms with Crippen molar-refractivity contribution in [1.82, 2.24) is 10.6 Å². The number of amides is 1. The molecule has 1 aliphatic rings. The van der Waals surface area contributed by atoms with Gasteiger partial charge in [-0.05, 0) is 35.6 Å². The van der Waals surface area contributed by atoms with Gasteiger partial charge in [-0.2, -0.15) is 5.26 Å². The van der Waals surface area contributed by atoms with Gasteiger partial charge in [-0.15, -0.1) is 0 Å². The second-order valence-electron chi connectivity index (χ2n) is 9.80. The van der Waals surface area contributed by atoms with E-state index in [0.717, 1.165) is 6.07 Å². The van der Waals surface area contributed by atoms with Crippen LogP contribution in [0.4, 0.5) is 8.78 Å². The summed E-state index contributed by atoms with van der Waals surface area (Å²) >= 11 is 12.0. The molecule has 2 aromatic rings. The molecule has 2 aromatic carbocycles. The third kappa shape index (κ3) is 5.27. The fraction of sp³-hybridized carbons (Fsp3) is 0.400. The van der Waals surface area contributed by atoms with Gasteiger partial charge >= 0.3 is 5.97 Å². The lowest BCUT2D eigenvalue weighted by Gasteiger charge is -2.37. The molecule has 3 N–H and O–H groups in total. The fourth-order valence-electron chi connectivity index (χ4n) is 4.83. The van der Waals surface area contributed by atoms with Crippen molar-refractivity contribution >= 4 is 35.1 Å². The van der Waals surface area contributed by atoms with E-state index >= 15 is 8.78 Å². The summed E-state index contributed by atoms with van der Waals surface area (Å²) in [5, 5.41) is 25.0. The molecule has 0 saturated carbocycles. The number of carboxylic acids is 1. The van der Waals surface area contributed by atoms with Crippen LogP contribution >= 0.6 is 23.2 Å². The molecule has 1 heterocycles. The van der Waals surface area contributed by atoms with Crippen LogP contribution in [-0.4, -0.2) is 35.6 Å². The molecular formula is C25H25Cl2F2N3O3. The van der Waals surface area contributed by atoms with Gasteiger partial charge in [-0.1, -0.05) is 62.2 Å². The lowest BCUT2D eigenvalue weighted by atomic mass is 9.62. The maximum absolute atomic E-state index is 15.4. The van der Waals surface area contributed by atoms with Crippen LogP contribution in [0, 0.1) is 28.4 Å². The Labute approximate surface area is 212 Å². The van der Waals surface area contributed by atoms with Gasteiger partial charge < -0.3 is 15.7 Å². The van der Waals surface area contributed by atoms with Crippen molar-refractivity contribution in [2.75, 3.05) is 6.54 Å². The van der Waals surface area contributed by atoms with E-state index in [0.29, 0.717) is 6.42 Å². The molecule has 3 rings (SSSR count).